The second-order valence-electron chi connectivity index (χ2n) is 11.4. The van der Waals surface area contributed by atoms with Crippen molar-refractivity contribution in [2.45, 2.75) is 96.6 Å². The summed E-state index contributed by atoms with van der Waals surface area (Å²) < 4.78 is 5.26. The molecule has 43 heavy (non-hydrogen) atoms. The van der Waals surface area contributed by atoms with Gasteiger partial charge in [-0.1, -0.05) is 44.2 Å². The molecule has 1 aromatic rings. The molecule has 240 valence electrons. The molecule has 0 bridgehead atoms. The van der Waals surface area contributed by atoms with Crippen molar-refractivity contribution in [1.82, 2.24) is 20.9 Å². The van der Waals surface area contributed by atoms with Crippen LogP contribution in [0.15, 0.2) is 35.3 Å². The van der Waals surface area contributed by atoms with E-state index in [1.807, 2.05) is 32.0 Å². The molecule has 13 nitrogen and oxygen atoms in total. The fourth-order valence-corrected chi connectivity index (χ4v) is 4.78. The summed E-state index contributed by atoms with van der Waals surface area (Å²) in [4.78, 5) is 57.2. The van der Waals surface area contributed by atoms with Gasteiger partial charge in [0.1, 0.15) is 18.7 Å². The molecule has 8 N–H and O–H groups in total. The number of nitrogens with two attached hydrogens (primary N) is 2. The zero-order chi connectivity index (χ0) is 31.8. The zero-order valence-corrected chi connectivity index (χ0v) is 25.6. The summed E-state index contributed by atoms with van der Waals surface area (Å²) in [7, 11) is 0. The molecule has 1 aliphatic rings. The highest BCUT2D eigenvalue weighted by molar-refractivity contribution is 5.91. The van der Waals surface area contributed by atoms with Crippen LogP contribution >= 0.6 is 0 Å². The number of aliphatic imine (C=N–C) groups is 1. The predicted molar refractivity (Wildman–Crippen MR) is 164 cm³/mol. The maximum atomic E-state index is 13.2. The Hall–Kier alpha value is -3.87. The summed E-state index contributed by atoms with van der Waals surface area (Å²) in [6.07, 6.45) is 2.03. The number of likely N-dealkylation sites (tertiary alicyclic amines) is 1. The quantitative estimate of drug-likeness (QED) is 0.0917. The van der Waals surface area contributed by atoms with Crippen molar-refractivity contribution < 1.29 is 29.0 Å². The van der Waals surface area contributed by atoms with Crippen LogP contribution in [0.5, 0.6) is 0 Å². The average molecular weight is 604 g/mol. The highest BCUT2D eigenvalue weighted by Crippen LogP contribution is 2.15. The van der Waals surface area contributed by atoms with Crippen molar-refractivity contribution in [3.8, 4) is 0 Å². The molecule has 4 amide bonds. The van der Waals surface area contributed by atoms with Gasteiger partial charge in [-0.2, -0.15) is 0 Å². The number of nitrogens with zero attached hydrogens (tertiary/aromatic N) is 2. The number of piperidine rings is 1. The third-order valence-corrected chi connectivity index (χ3v) is 7.13. The number of hydrogen-bond donors (Lipinski definition) is 6. The molecule has 0 aromatic heterocycles. The molecular weight excluding hydrogens is 554 g/mol. The summed E-state index contributed by atoms with van der Waals surface area (Å²) in [6.45, 7) is 7.04. The van der Waals surface area contributed by atoms with E-state index in [1.54, 1.807) is 17.0 Å². The number of ether oxygens (including phenoxy) is 1. The van der Waals surface area contributed by atoms with Crippen molar-refractivity contribution in [3.05, 3.63) is 35.9 Å². The van der Waals surface area contributed by atoms with Crippen LogP contribution in [0.4, 0.5) is 4.79 Å². The topological polar surface area (TPSA) is 201 Å². The molecule has 0 spiro atoms. The number of aliphatic hydroxyl groups is 1. The Morgan fingerprint density at radius 2 is 1.65 bits per heavy atom. The van der Waals surface area contributed by atoms with E-state index < -0.39 is 42.1 Å². The van der Waals surface area contributed by atoms with Crippen LogP contribution in [0.1, 0.15) is 71.3 Å². The summed E-state index contributed by atoms with van der Waals surface area (Å²) in [5, 5.41) is 18.9. The summed E-state index contributed by atoms with van der Waals surface area (Å²) in [5.41, 5.74) is 11.5. The molecule has 1 heterocycles. The van der Waals surface area contributed by atoms with Crippen LogP contribution < -0.4 is 27.4 Å². The number of carbonyl (C=O) groups is 4. The van der Waals surface area contributed by atoms with E-state index >= 15 is 0 Å². The summed E-state index contributed by atoms with van der Waals surface area (Å²) in [5.74, 6) is -1.20. The van der Waals surface area contributed by atoms with E-state index in [0.29, 0.717) is 25.9 Å². The molecule has 1 fully saturated rings. The minimum Gasteiger partial charge on any atom is -0.445 e. The molecule has 13 heteroatoms. The van der Waals surface area contributed by atoms with E-state index in [1.165, 1.54) is 6.92 Å². The molecule has 0 aliphatic carbocycles. The van der Waals surface area contributed by atoms with Crippen LogP contribution in [-0.4, -0.2) is 83.6 Å². The molecule has 0 saturated carbocycles. The first kappa shape index (κ1) is 35.3. The number of carbonyl (C=O) groups excluding carboxylic acids is 4. The van der Waals surface area contributed by atoms with Gasteiger partial charge in [-0.3, -0.25) is 19.4 Å². The van der Waals surface area contributed by atoms with Gasteiger partial charge in [-0.25, -0.2) is 4.79 Å². The second-order valence-corrected chi connectivity index (χ2v) is 11.4. The molecular formula is C30H49N7O6. The molecule has 0 unspecified atom stereocenters. The number of rotatable bonds is 16. The number of nitrogens with one attached hydrogen (secondary N) is 3. The number of amides is 4. The average Bonchev–Trinajstić information content (AvgIpc) is 2.97. The van der Waals surface area contributed by atoms with Crippen LogP contribution in [0.3, 0.4) is 0 Å². The van der Waals surface area contributed by atoms with E-state index in [4.69, 9.17) is 16.2 Å². The van der Waals surface area contributed by atoms with Crippen LogP contribution in [-0.2, 0) is 25.7 Å². The van der Waals surface area contributed by atoms with Gasteiger partial charge in [-0.15, -0.1) is 0 Å². The van der Waals surface area contributed by atoms with Crippen molar-refractivity contribution in [1.29, 1.82) is 0 Å². The normalized spacial score (nSPS) is 15.9. The van der Waals surface area contributed by atoms with Gasteiger partial charge < -0.3 is 42.2 Å². The molecule has 0 radical (unpaired) electrons. The Labute approximate surface area is 254 Å². The van der Waals surface area contributed by atoms with Gasteiger partial charge in [0.2, 0.25) is 17.7 Å². The Bertz CT molecular complexity index is 1060. The van der Waals surface area contributed by atoms with Gasteiger partial charge in [-0.05, 0) is 56.9 Å². The third-order valence-electron chi connectivity index (χ3n) is 7.13. The lowest BCUT2D eigenvalue weighted by Gasteiger charge is -2.31. The van der Waals surface area contributed by atoms with Gasteiger partial charge >= 0.3 is 6.09 Å². The van der Waals surface area contributed by atoms with Gasteiger partial charge in [0.05, 0.1) is 18.6 Å². The second kappa shape index (κ2) is 18.6. The monoisotopic (exact) mass is 603 g/mol. The van der Waals surface area contributed by atoms with Crippen molar-refractivity contribution in [3.63, 3.8) is 0 Å². The van der Waals surface area contributed by atoms with Gasteiger partial charge in [0.25, 0.3) is 0 Å². The highest BCUT2D eigenvalue weighted by atomic mass is 16.5. The van der Waals surface area contributed by atoms with Gasteiger partial charge in [0.15, 0.2) is 5.96 Å². The fraction of sp³-hybridized carbons (Fsp3) is 0.633. The van der Waals surface area contributed by atoms with Crippen LogP contribution in [0.2, 0.25) is 0 Å². The van der Waals surface area contributed by atoms with Gasteiger partial charge in [0, 0.05) is 19.6 Å². The van der Waals surface area contributed by atoms with E-state index in [2.05, 4.69) is 20.9 Å². The maximum Gasteiger partial charge on any atom is 0.408 e. The smallest absolute Gasteiger partial charge is 0.408 e. The first-order valence-electron chi connectivity index (χ1n) is 15.1. The SMILES string of the molecule is CC(C)C[C@H](NC(=O)[C@H](C)NC(=O)[C@H](CCCN=C(N)N)NC(=O)OCc1ccccc1)[C@@H](O)CC(=O)N1CCCCC1. The molecule has 1 aromatic carbocycles. The first-order valence-corrected chi connectivity index (χ1v) is 15.1. The molecule has 4 atom stereocenters. The van der Waals surface area contributed by atoms with E-state index in [0.717, 1.165) is 24.8 Å². The van der Waals surface area contributed by atoms with E-state index in [9.17, 15) is 24.3 Å². The highest BCUT2D eigenvalue weighted by Gasteiger charge is 2.30. The zero-order valence-electron chi connectivity index (χ0n) is 25.6. The minimum absolute atomic E-state index is 0.0215. The Balaban J connectivity index is 1.99. The maximum absolute atomic E-state index is 13.2. The Morgan fingerprint density at radius 1 is 0.977 bits per heavy atom. The number of alkyl carbamates (subject to hydrolysis) is 1. The van der Waals surface area contributed by atoms with E-state index in [-0.39, 0.29) is 43.8 Å². The predicted octanol–water partition coefficient (Wildman–Crippen LogP) is 1.13. The lowest BCUT2D eigenvalue weighted by atomic mass is 9.96. The van der Waals surface area contributed by atoms with Crippen LogP contribution in [0, 0.1) is 5.92 Å². The fourth-order valence-electron chi connectivity index (χ4n) is 4.78. The molecule has 2 rings (SSSR count). The third kappa shape index (κ3) is 13.8. The number of aliphatic hydroxyl groups excluding tert-OH is 1. The number of hydrogen-bond acceptors (Lipinski definition) is 7. The number of guanidine groups is 1. The standard InChI is InChI=1S/C30H49N7O6/c1-20(2)17-24(25(38)18-26(39)37-15-8-5-9-16-37)35-27(40)21(3)34-28(41)23(13-10-14-33-29(31)32)36-30(42)43-19-22-11-6-4-7-12-22/h4,6-7,11-12,20-21,23-25,38H,5,8-10,13-19H2,1-3H3,(H,34,41)(H,35,40)(H,36,42)(H4,31,32,33)/t21-,23-,24-,25-/m0/s1. The van der Waals surface area contributed by atoms with Crippen LogP contribution in [0.25, 0.3) is 0 Å². The first-order chi connectivity index (χ1) is 20.5. The lowest BCUT2D eigenvalue weighted by Crippen LogP contribution is -2.55. The molecule has 1 aliphatic heterocycles. The molecule has 1 saturated heterocycles. The van der Waals surface area contributed by atoms with Crippen molar-refractivity contribution >= 4 is 29.8 Å². The number of benzene rings is 1. The lowest BCUT2D eigenvalue weighted by molar-refractivity contribution is -0.135. The van der Waals surface area contributed by atoms with Crippen molar-refractivity contribution in [2.75, 3.05) is 19.6 Å². The minimum atomic E-state index is -1.08. The summed E-state index contributed by atoms with van der Waals surface area (Å²) >= 11 is 0. The largest absolute Gasteiger partial charge is 0.445 e. The Kier molecular flexibility index (Phi) is 15.3. The van der Waals surface area contributed by atoms with Crippen molar-refractivity contribution in [2.24, 2.45) is 22.4 Å². The summed E-state index contributed by atoms with van der Waals surface area (Å²) in [6, 6.07) is 6.41. The Morgan fingerprint density at radius 3 is 2.28 bits per heavy atom.